The van der Waals surface area contributed by atoms with Crippen LogP contribution in [0.3, 0.4) is 0 Å². The summed E-state index contributed by atoms with van der Waals surface area (Å²) in [6, 6.07) is 16.9. The van der Waals surface area contributed by atoms with E-state index in [0.717, 1.165) is 30.2 Å². The maximum Gasteiger partial charge on any atom is 0.257 e. The zero-order chi connectivity index (χ0) is 23.4. The van der Waals surface area contributed by atoms with Crippen molar-refractivity contribution in [3.05, 3.63) is 76.9 Å². The summed E-state index contributed by atoms with van der Waals surface area (Å²) in [7, 11) is 0. The van der Waals surface area contributed by atoms with E-state index in [0.29, 0.717) is 35.1 Å². The normalized spacial score (nSPS) is 13.5. The number of pyridine rings is 1. The highest BCUT2D eigenvalue weighted by Crippen LogP contribution is 2.29. The number of halogens is 1. The highest BCUT2D eigenvalue weighted by Gasteiger charge is 2.19. The number of benzene rings is 2. The van der Waals surface area contributed by atoms with Crippen molar-refractivity contribution in [1.29, 1.82) is 0 Å². The van der Waals surface area contributed by atoms with E-state index in [1.54, 1.807) is 37.4 Å². The van der Waals surface area contributed by atoms with Gasteiger partial charge in [-0.2, -0.15) is 0 Å². The summed E-state index contributed by atoms with van der Waals surface area (Å²) in [5.74, 6) is 0.638. The van der Waals surface area contributed by atoms with E-state index in [4.69, 9.17) is 11.6 Å². The number of amides is 2. The first-order valence-corrected chi connectivity index (χ1v) is 11.2. The molecule has 0 aliphatic carbocycles. The Balaban J connectivity index is 1.40. The number of aromatic nitrogens is 1. The number of anilines is 4. The molecule has 7 nitrogen and oxygen atoms in total. The van der Waals surface area contributed by atoms with Crippen molar-refractivity contribution in [2.24, 2.45) is 0 Å². The monoisotopic (exact) mass is 463 g/mol. The molecule has 2 heterocycles. The lowest BCUT2D eigenvalue weighted by Crippen LogP contribution is -2.48. The fourth-order valence-electron chi connectivity index (χ4n) is 3.74. The SMILES string of the molecule is CC(=O)N1CCN(c2ccc(C(=O)Nc3ccc(Cl)c(Nc4cccc(C)c4)c3)cn2)CC1. The number of nitrogens with zero attached hydrogens (tertiary/aromatic N) is 3. The molecule has 1 aliphatic heterocycles. The van der Waals surface area contributed by atoms with Crippen LogP contribution in [0.2, 0.25) is 5.02 Å². The molecule has 0 radical (unpaired) electrons. The van der Waals surface area contributed by atoms with Crippen molar-refractivity contribution in [2.45, 2.75) is 13.8 Å². The summed E-state index contributed by atoms with van der Waals surface area (Å²) in [4.78, 5) is 32.6. The van der Waals surface area contributed by atoms with Crippen LogP contribution >= 0.6 is 11.6 Å². The number of hydrogen-bond acceptors (Lipinski definition) is 5. The Bertz CT molecular complexity index is 1160. The largest absolute Gasteiger partial charge is 0.354 e. The van der Waals surface area contributed by atoms with Crippen molar-refractivity contribution >= 4 is 46.3 Å². The fraction of sp³-hybridized carbons (Fsp3) is 0.240. The number of nitrogens with one attached hydrogen (secondary N) is 2. The maximum absolute atomic E-state index is 12.8. The van der Waals surface area contributed by atoms with Crippen LogP contribution in [0.25, 0.3) is 0 Å². The summed E-state index contributed by atoms with van der Waals surface area (Å²) in [6.45, 7) is 6.40. The Morgan fingerprint density at radius 2 is 1.76 bits per heavy atom. The van der Waals surface area contributed by atoms with Gasteiger partial charge in [0.15, 0.2) is 0 Å². The van der Waals surface area contributed by atoms with E-state index < -0.39 is 0 Å². The molecule has 1 aliphatic rings. The lowest BCUT2D eigenvalue weighted by atomic mass is 10.2. The third kappa shape index (κ3) is 5.62. The zero-order valence-corrected chi connectivity index (χ0v) is 19.4. The topological polar surface area (TPSA) is 77.6 Å². The van der Waals surface area contributed by atoms with E-state index in [9.17, 15) is 9.59 Å². The third-order valence-corrected chi connectivity index (χ3v) is 5.91. The van der Waals surface area contributed by atoms with Gasteiger partial charge in [0.25, 0.3) is 5.91 Å². The van der Waals surface area contributed by atoms with Gasteiger partial charge in [-0.1, -0.05) is 23.7 Å². The van der Waals surface area contributed by atoms with Gasteiger partial charge in [0, 0.05) is 50.7 Å². The minimum Gasteiger partial charge on any atom is -0.354 e. The average Bonchev–Trinajstić information content (AvgIpc) is 2.81. The molecule has 0 unspecified atom stereocenters. The quantitative estimate of drug-likeness (QED) is 0.573. The van der Waals surface area contributed by atoms with Gasteiger partial charge in [-0.25, -0.2) is 4.98 Å². The summed E-state index contributed by atoms with van der Waals surface area (Å²) < 4.78 is 0. The van der Waals surface area contributed by atoms with Crippen LogP contribution < -0.4 is 15.5 Å². The first kappa shape index (κ1) is 22.6. The van der Waals surface area contributed by atoms with Crippen LogP contribution in [0.5, 0.6) is 0 Å². The van der Waals surface area contributed by atoms with Gasteiger partial charge in [0.2, 0.25) is 5.91 Å². The van der Waals surface area contributed by atoms with Gasteiger partial charge >= 0.3 is 0 Å². The van der Waals surface area contributed by atoms with Crippen molar-refractivity contribution < 1.29 is 9.59 Å². The summed E-state index contributed by atoms with van der Waals surface area (Å²) >= 11 is 6.35. The van der Waals surface area contributed by atoms with Crippen LogP contribution in [-0.4, -0.2) is 47.9 Å². The summed E-state index contributed by atoms with van der Waals surface area (Å²) in [6.07, 6.45) is 1.57. The van der Waals surface area contributed by atoms with Crippen LogP contribution in [0.15, 0.2) is 60.8 Å². The highest BCUT2D eigenvalue weighted by atomic mass is 35.5. The molecule has 3 aromatic rings. The molecule has 2 aromatic carbocycles. The molecular formula is C25H26ClN5O2. The van der Waals surface area contributed by atoms with Crippen LogP contribution in [0.4, 0.5) is 22.9 Å². The van der Waals surface area contributed by atoms with Crippen molar-refractivity contribution in [2.75, 3.05) is 41.7 Å². The van der Waals surface area contributed by atoms with Gasteiger partial charge in [-0.3, -0.25) is 9.59 Å². The standard InChI is InChI=1S/C25H26ClN5O2/c1-17-4-3-5-20(14-17)28-23-15-21(7-8-22(23)26)29-25(33)19-6-9-24(27-16-19)31-12-10-30(11-13-31)18(2)32/h3-9,14-16,28H,10-13H2,1-2H3,(H,29,33). The fourth-order valence-corrected chi connectivity index (χ4v) is 3.90. The minimum absolute atomic E-state index is 0.0917. The molecule has 0 atom stereocenters. The van der Waals surface area contributed by atoms with Gasteiger partial charge < -0.3 is 20.4 Å². The van der Waals surface area contributed by atoms with Crippen molar-refractivity contribution in [3.63, 3.8) is 0 Å². The molecule has 1 saturated heterocycles. The second-order valence-corrected chi connectivity index (χ2v) is 8.45. The Morgan fingerprint density at radius 3 is 2.42 bits per heavy atom. The zero-order valence-electron chi connectivity index (χ0n) is 18.6. The number of rotatable bonds is 5. The number of hydrogen-bond donors (Lipinski definition) is 2. The number of piperazine rings is 1. The van der Waals surface area contributed by atoms with Crippen molar-refractivity contribution in [1.82, 2.24) is 9.88 Å². The molecule has 4 rings (SSSR count). The second kappa shape index (κ2) is 9.92. The molecule has 33 heavy (non-hydrogen) atoms. The molecule has 8 heteroatoms. The van der Waals surface area contributed by atoms with Crippen LogP contribution in [-0.2, 0) is 4.79 Å². The van der Waals surface area contributed by atoms with E-state index >= 15 is 0 Å². The summed E-state index contributed by atoms with van der Waals surface area (Å²) in [5, 5.41) is 6.76. The molecule has 0 spiro atoms. The van der Waals surface area contributed by atoms with Crippen LogP contribution in [0.1, 0.15) is 22.8 Å². The molecule has 1 aromatic heterocycles. The van der Waals surface area contributed by atoms with Crippen molar-refractivity contribution in [3.8, 4) is 0 Å². The predicted molar refractivity (Wildman–Crippen MR) is 133 cm³/mol. The lowest BCUT2D eigenvalue weighted by Gasteiger charge is -2.34. The highest BCUT2D eigenvalue weighted by molar-refractivity contribution is 6.33. The Morgan fingerprint density at radius 1 is 0.970 bits per heavy atom. The van der Waals surface area contributed by atoms with E-state index in [-0.39, 0.29) is 11.8 Å². The van der Waals surface area contributed by atoms with Gasteiger partial charge in [-0.05, 0) is 55.0 Å². The average molecular weight is 464 g/mol. The van der Waals surface area contributed by atoms with E-state index in [1.807, 2.05) is 42.2 Å². The Hall–Kier alpha value is -3.58. The molecule has 0 saturated carbocycles. The van der Waals surface area contributed by atoms with E-state index in [1.165, 1.54) is 0 Å². The molecule has 2 amide bonds. The van der Waals surface area contributed by atoms with Gasteiger partial charge in [0.05, 0.1) is 16.3 Å². The smallest absolute Gasteiger partial charge is 0.257 e. The summed E-state index contributed by atoms with van der Waals surface area (Å²) in [5.41, 5.74) is 3.85. The molecule has 1 fully saturated rings. The second-order valence-electron chi connectivity index (χ2n) is 8.04. The Kier molecular flexibility index (Phi) is 6.79. The number of carbonyl (C=O) groups excluding carboxylic acids is 2. The lowest BCUT2D eigenvalue weighted by molar-refractivity contribution is -0.129. The van der Waals surface area contributed by atoms with Gasteiger partial charge in [0.1, 0.15) is 5.82 Å². The maximum atomic E-state index is 12.8. The molecule has 0 bridgehead atoms. The van der Waals surface area contributed by atoms with Crippen LogP contribution in [0, 0.1) is 6.92 Å². The third-order valence-electron chi connectivity index (χ3n) is 5.58. The number of carbonyl (C=O) groups is 2. The molecular weight excluding hydrogens is 438 g/mol. The molecule has 170 valence electrons. The first-order valence-electron chi connectivity index (χ1n) is 10.8. The Labute approximate surface area is 198 Å². The molecule has 2 N–H and O–H groups in total. The van der Waals surface area contributed by atoms with E-state index in [2.05, 4.69) is 20.5 Å². The minimum atomic E-state index is -0.251. The number of aryl methyl sites for hydroxylation is 1. The first-order chi connectivity index (χ1) is 15.9. The van der Waals surface area contributed by atoms with Gasteiger partial charge in [-0.15, -0.1) is 0 Å². The predicted octanol–water partition coefficient (Wildman–Crippen LogP) is 4.71.